The zero-order valence-electron chi connectivity index (χ0n) is 42.2. The van der Waals surface area contributed by atoms with E-state index in [4.69, 9.17) is 18.9 Å². The fraction of sp³-hybridized carbons (Fsp3) is 0.772. The lowest BCUT2D eigenvalue weighted by Crippen LogP contribution is -2.59. The molecule has 6 unspecified atom stereocenters. The summed E-state index contributed by atoms with van der Waals surface area (Å²) in [6, 6.07) is 0. The van der Waals surface area contributed by atoms with Crippen molar-refractivity contribution in [3.63, 3.8) is 0 Å². The number of allylic oxidation sites excluding steroid dienone is 12. The summed E-state index contributed by atoms with van der Waals surface area (Å²) in [5, 5.41) is 40.3. The predicted octanol–water partition coefficient (Wildman–Crippen LogP) is 13.6. The number of esters is 1. The summed E-state index contributed by atoms with van der Waals surface area (Å²) < 4.78 is 22.9. The van der Waals surface area contributed by atoms with Gasteiger partial charge >= 0.3 is 5.97 Å². The highest BCUT2D eigenvalue weighted by molar-refractivity contribution is 5.69. The van der Waals surface area contributed by atoms with Gasteiger partial charge in [0.25, 0.3) is 0 Å². The molecule has 66 heavy (non-hydrogen) atoms. The SMILES string of the molecule is CC/C=C\C/C=C\C/C=C\C/C=C\C/C=C\CCCCOCC(COC1OC(CO)C(O)C(O)C1O)OC(=O)CCCCCCCCCCCCCCC/C=C\CCCCCCCCCC. The minimum atomic E-state index is -1.55. The third-order valence-corrected chi connectivity index (χ3v) is 12.1. The van der Waals surface area contributed by atoms with Crippen LogP contribution in [0.2, 0.25) is 0 Å². The van der Waals surface area contributed by atoms with Gasteiger partial charge in [-0.15, -0.1) is 0 Å². The summed E-state index contributed by atoms with van der Waals surface area (Å²) in [4.78, 5) is 12.9. The first kappa shape index (κ1) is 61.6. The molecular weight excluding hydrogens is 829 g/mol. The molecule has 4 N–H and O–H groups in total. The van der Waals surface area contributed by atoms with E-state index >= 15 is 0 Å². The zero-order valence-corrected chi connectivity index (χ0v) is 42.2. The monoisotopic (exact) mass is 929 g/mol. The van der Waals surface area contributed by atoms with Gasteiger partial charge in [-0.1, -0.05) is 202 Å². The summed E-state index contributed by atoms with van der Waals surface area (Å²) >= 11 is 0. The maximum atomic E-state index is 12.9. The van der Waals surface area contributed by atoms with Crippen molar-refractivity contribution < 1.29 is 44.2 Å². The second-order valence-electron chi connectivity index (χ2n) is 18.3. The quantitative estimate of drug-likeness (QED) is 0.0267. The number of carbonyl (C=O) groups excluding carboxylic acids is 1. The molecule has 1 saturated heterocycles. The number of hydrogen-bond acceptors (Lipinski definition) is 9. The molecule has 1 rings (SSSR count). The van der Waals surface area contributed by atoms with Crippen LogP contribution >= 0.6 is 0 Å². The second kappa shape index (κ2) is 47.7. The molecule has 0 amide bonds. The maximum absolute atomic E-state index is 12.9. The smallest absolute Gasteiger partial charge is 0.306 e. The van der Waals surface area contributed by atoms with Crippen molar-refractivity contribution in [2.45, 2.75) is 256 Å². The van der Waals surface area contributed by atoms with Crippen LogP contribution in [0.4, 0.5) is 0 Å². The number of hydrogen-bond donors (Lipinski definition) is 4. The van der Waals surface area contributed by atoms with E-state index in [0.717, 1.165) is 70.6 Å². The minimum Gasteiger partial charge on any atom is -0.457 e. The van der Waals surface area contributed by atoms with Gasteiger partial charge in [-0.25, -0.2) is 0 Å². The van der Waals surface area contributed by atoms with Crippen LogP contribution in [0.3, 0.4) is 0 Å². The van der Waals surface area contributed by atoms with Crippen LogP contribution in [0.5, 0.6) is 0 Å². The molecular formula is C57H100O9. The van der Waals surface area contributed by atoms with E-state index in [-0.39, 0.29) is 19.2 Å². The molecule has 1 fully saturated rings. The average molecular weight is 929 g/mol. The Hall–Kier alpha value is -2.37. The summed E-state index contributed by atoms with van der Waals surface area (Å²) in [7, 11) is 0. The highest BCUT2D eigenvalue weighted by Crippen LogP contribution is 2.23. The molecule has 0 aromatic rings. The molecule has 1 aliphatic rings. The van der Waals surface area contributed by atoms with Gasteiger partial charge in [-0.2, -0.15) is 0 Å². The van der Waals surface area contributed by atoms with E-state index in [1.807, 2.05) is 0 Å². The molecule has 1 heterocycles. The van der Waals surface area contributed by atoms with Crippen LogP contribution in [0.15, 0.2) is 72.9 Å². The van der Waals surface area contributed by atoms with Crippen LogP contribution in [-0.4, -0.2) is 89.6 Å². The topological polar surface area (TPSA) is 135 Å². The Morgan fingerprint density at radius 1 is 0.500 bits per heavy atom. The average Bonchev–Trinajstić information content (AvgIpc) is 3.32. The highest BCUT2D eigenvalue weighted by atomic mass is 16.7. The van der Waals surface area contributed by atoms with E-state index in [0.29, 0.717) is 13.0 Å². The fourth-order valence-electron chi connectivity index (χ4n) is 7.93. The highest BCUT2D eigenvalue weighted by Gasteiger charge is 2.44. The van der Waals surface area contributed by atoms with E-state index in [9.17, 15) is 25.2 Å². The third kappa shape index (κ3) is 37.6. The van der Waals surface area contributed by atoms with Crippen molar-refractivity contribution in [1.82, 2.24) is 0 Å². The number of ether oxygens (including phenoxy) is 4. The van der Waals surface area contributed by atoms with Gasteiger partial charge < -0.3 is 39.4 Å². The predicted molar refractivity (Wildman–Crippen MR) is 274 cm³/mol. The Morgan fingerprint density at radius 3 is 1.41 bits per heavy atom. The minimum absolute atomic E-state index is 0.113. The molecule has 1 aliphatic heterocycles. The number of rotatable bonds is 46. The van der Waals surface area contributed by atoms with Crippen LogP contribution in [0.25, 0.3) is 0 Å². The maximum Gasteiger partial charge on any atom is 0.306 e. The molecule has 0 aliphatic carbocycles. The van der Waals surface area contributed by atoms with E-state index in [1.54, 1.807) is 0 Å². The van der Waals surface area contributed by atoms with Crippen molar-refractivity contribution in [3.05, 3.63) is 72.9 Å². The first-order valence-electron chi connectivity index (χ1n) is 27.0. The lowest BCUT2D eigenvalue weighted by atomic mass is 9.99. The van der Waals surface area contributed by atoms with Gasteiger partial charge in [-0.3, -0.25) is 4.79 Å². The van der Waals surface area contributed by atoms with Gasteiger partial charge in [0.1, 0.15) is 30.5 Å². The molecule has 0 aromatic heterocycles. The Kier molecular flexibility index (Phi) is 44.5. The molecule has 0 aromatic carbocycles. The Labute approximate surface area is 404 Å². The van der Waals surface area contributed by atoms with Crippen molar-refractivity contribution >= 4 is 5.97 Å². The summed E-state index contributed by atoms with van der Waals surface area (Å²) in [6.45, 7) is 4.35. The molecule has 6 atom stereocenters. The molecule has 0 spiro atoms. The van der Waals surface area contributed by atoms with Gasteiger partial charge in [0.2, 0.25) is 0 Å². The Balaban J connectivity index is 2.20. The standard InChI is InChI=1S/C57H100O9/c1-3-5-7-9-11-13-15-17-19-21-23-24-25-26-27-28-29-30-32-34-36-38-40-42-44-46-53(59)65-51(50-64-57-56(62)55(61)54(60)52(48-58)66-57)49-63-47-45-43-41-39-37-35-33-31-22-20-18-16-14-12-10-8-6-4-2/h6,8,12,14,18,20-21,23,31,33,37,39,51-52,54-58,60-62H,3-5,7,9-11,13,15-17,19,22,24-30,32,34-36,38,40-50H2,1-2H3/b8-6-,14-12-,20-18-,23-21-,33-31-,39-37-. The first-order chi connectivity index (χ1) is 32.4. The van der Waals surface area contributed by atoms with Crippen molar-refractivity contribution in [2.75, 3.05) is 26.4 Å². The third-order valence-electron chi connectivity index (χ3n) is 12.1. The lowest BCUT2D eigenvalue weighted by Gasteiger charge is -2.39. The molecule has 0 saturated carbocycles. The normalized spacial score (nSPS) is 19.9. The Bertz CT molecular complexity index is 1240. The van der Waals surface area contributed by atoms with E-state index < -0.39 is 43.4 Å². The Morgan fingerprint density at radius 2 is 0.924 bits per heavy atom. The van der Waals surface area contributed by atoms with Crippen LogP contribution < -0.4 is 0 Å². The first-order valence-corrected chi connectivity index (χ1v) is 27.0. The van der Waals surface area contributed by atoms with Gasteiger partial charge in [-0.05, 0) is 83.5 Å². The molecule has 0 bridgehead atoms. The molecule has 9 nitrogen and oxygen atoms in total. The second-order valence-corrected chi connectivity index (χ2v) is 18.3. The zero-order chi connectivity index (χ0) is 47.8. The van der Waals surface area contributed by atoms with Crippen LogP contribution in [-0.2, 0) is 23.7 Å². The van der Waals surface area contributed by atoms with Crippen molar-refractivity contribution in [3.8, 4) is 0 Å². The number of aliphatic hydroxyl groups excluding tert-OH is 4. The fourth-order valence-corrected chi connectivity index (χ4v) is 7.93. The largest absolute Gasteiger partial charge is 0.457 e. The van der Waals surface area contributed by atoms with Crippen LogP contribution in [0, 0.1) is 0 Å². The van der Waals surface area contributed by atoms with Gasteiger partial charge in [0.15, 0.2) is 6.29 Å². The number of aliphatic hydroxyl groups is 4. The molecule has 0 radical (unpaired) electrons. The van der Waals surface area contributed by atoms with Gasteiger partial charge in [0.05, 0.1) is 19.8 Å². The van der Waals surface area contributed by atoms with Crippen molar-refractivity contribution in [1.29, 1.82) is 0 Å². The van der Waals surface area contributed by atoms with E-state index in [2.05, 4.69) is 86.8 Å². The van der Waals surface area contributed by atoms with Crippen molar-refractivity contribution in [2.24, 2.45) is 0 Å². The lowest BCUT2D eigenvalue weighted by molar-refractivity contribution is -0.305. The summed E-state index contributed by atoms with van der Waals surface area (Å²) in [5.74, 6) is -0.329. The number of unbranched alkanes of at least 4 members (excludes halogenated alkanes) is 23. The number of carbonyl (C=O) groups is 1. The molecule has 9 heteroatoms. The molecule has 382 valence electrons. The summed E-state index contributed by atoms with van der Waals surface area (Å²) in [5.41, 5.74) is 0. The van der Waals surface area contributed by atoms with Gasteiger partial charge in [0, 0.05) is 13.0 Å². The van der Waals surface area contributed by atoms with E-state index in [1.165, 1.54) is 128 Å². The van der Waals surface area contributed by atoms with Crippen LogP contribution in [0.1, 0.15) is 219 Å². The summed E-state index contributed by atoms with van der Waals surface area (Å²) in [6.07, 6.45) is 56.7.